The van der Waals surface area contributed by atoms with Crippen molar-refractivity contribution in [2.24, 2.45) is 0 Å². The van der Waals surface area contributed by atoms with Crippen molar-refractivity contribution in [2.75, 3.05) is 27.7 Å². The first-order chi connectivity index (χ1) is 4.66. The predicted molar refractivity (Wildman–Crippen MR) is 46.4 cm³/mol. The van der Waals surface area contributed by atoms with Gasteiger partial charge < -0.3 is 9.64 Å². The Bertz CT molecular complexity index is 55.2. The van der Waals surface area contributed by atoms with Gasteiger partial charge in [-0.3, -0.25) is 0 Å². The zero-order chi connectivity index (χ0) is 8.57. The van der Waals surface area contributed by atoms with Gasteiger partial charge in [0.2, 0.25) is 0 Å². The van der Waals surface area contributed by atoms with Crippen molar-refractivity contribution in [1.82, 2.24) is 4.90 Å². The summed E-state index contributed by atoms with van der Waals surface area (Å²) in [5.41, 5.74) is 0. The fourth-order valence-corrected chi connectivity index (χ4v) is 0.589. The summed E-state index contributed by atoms with van der Waals surface area (Å²) < 4.78 is 5.02. The third kappa shape index (κ3) is 10.8. The first kappa shape index (κ1) is 12.6. The fraction of sp³-hybridized carbons (Fsp3) is 1.00. The van der Waals surface area contributed by atoms with Crippen LogP contribution in [0.3, 0.4) is 0 Å². The van der Waals surface area contributed by atoms with Gasteiger partial charge >= 0.3 is 0 Å². The molecule has 1 unspecified atom stereocenters. The Kier molecular flexibility index (Phi) is 11.2. The Morgan fingerprint density at radius 2 is 1.70 bits per heavy atom. The molecular weight excluding hydrogens is 126 g/mol. The minimum atomic E-state index is 0.352. The van der Waals surface area contributed by atoms with Crippen LogP contribution in [-0.2, 0) is 4.74 Å². The maximum absolute atomic E-state index is 5.02. The Balaban J connectivity index is 0. The molecule has 0 aliphatic carbocycles. The molecule has 1 atom stereocenters. The van der Waals surface area contributed by atoms with Crippen LogP contribution in [0.1, 0.15) is 20.8 Å². The van der Waals surface area contributed by atoms with Crippen LogP contribution in [0.15, 0.2) is 0 Å². The first-order valence-electron chi connectivity index (χ1n) is 3.84. The van der Waals surface area contributed by atoms with Crippen LogP contribution in [0, 0.1) is 0 Å². The van der Waals surface area contributed by atoms with Gasteiger partial charge in [-0.25, -0.2) is 0 Å². The molecule has 64 valence electrons. The average Bonchev–Trinajstić information content (AvgIpc) is 1.91. The van der Waals surface area contributed by atoms with Crippen molar-refractivity contribution >= 4 is 0 Å². The lowest BCUT2D eigenvalue weighted by Gasteiger charge is -2.14. The quantitative estimate of drug-likeness (QED) is 0.601. The highest BCUT2D eigenvalue weighted by Gasteiger charge is 1.98. The van der Waals surface area contributed by atoms with E-state index in [1.165, 1.54) is 0 Å². The molecule has 0 heterocycles. The number of rotatable bonds is 3. The highest BCUT2D eigenvalue weighted by atomic mass is 16.5. The lowest BCUT2D eigenvalue weighted by molar-refractivity contribution is 0.0929. The summed E-state index contributed by atoms with van der Waals surface area (Å²) in [6, 6.07) is 0. The second kappa shape index (κ2) is 8.92. The van der Waals surface area contributed by atoms with Gasteiger partial charge in [0, 0.05) is 13.7 Å². The van der Waals surface area contributed by atoms with E-state index in [0.29, 0.717) is 6.10 Å². The molecule has 0 aliphatic heterocycles. The first-order valence-corrected chi connectivity index (χ1v) is 3.84. The molecule has 0 aromatic carbocycles. The summed E-state index contributed by atoms with van der Waals surface area (Å²) in [7, 11) is 5.80. The molecule has 0 saturated carbocycles. The summed E-state index contributed by atoms with van der Waals surface area (Å²) in [5, 5.41) is 0. The Hall–Kier alpha value is -0.0800. The minimum Gasteiger partial charge on any atom is -0.380 e. The molecule has 0 amide bonds. The van der Waals surface area contributed by atoms with Gasteiger partial charge in [-0.2, -0.15) is 0 Å². The predicted octanol–water partition coefficient (Wildman–Crippen LogP) is 1.61. The SMILES string of the molecule is CC.COC(C)CN(C)C. The van der Waals surface area contributed by atoms with Gasteiger partial charge in [-0.15, -0.1) is 0 Å². The van der Waals surface area contributed by atoms with Crippen LogP contribution in [0.5, 0.6) is 0 Å². The minimum absolute atomic E-state index is 0.352. The van der Waals surface area contributed by atoms with Crippen molar-refractivity contribution in [1.29, 1.82) is 0 Å². The standard InChI is InChI=1S/C6H15NO.C2H6/c1-6(8-4)5-7(2)3;1-2/h6H,5H2,1-4H3;1-2H3. The normalized spacial score (nSPS) is 12.3. The van der Waals surface area contributed by atoms with Crippen LogP contribution in [-0.4, -0.2) is 38.8 Å². The third-order valence-corrected chi connectivity index (χ3v) is 1.02. The Labute approximate surface area is 65.2 Å². The highest BCUT2D eigenvalue weighted by Crippen LogP contribution is 1.87. The van der Waals surface area contributed by atoms with E-state index in [0.717, 1.165) is 6.54 Å². The van der Waals surface area contributed by atoms with E-state index in [2.05, 4.69) is 11.8 Å². The monoisotopic (exact) mass is 147 g/mol. The van der Waals surface area contributed by atoms with Crippen molar-refractivity contribution < 1.29 is 4.74 Å². The van der Waals surface area contributed by atoms with E-state index in [9.17, 15) is 0 Å². The molecule has 0 spiro atoms. The largest absolute Gasteiger partial charge is 0.380 e. The second-order valence-corrected chi connectivity index (χ2v) is 2.31. The maximum atomic E-state index is 5.02. The van der Waals surface area contributed by atoms with E-state index in [1.54, 1.807) is 7.11 Å². The molecule has 0 rings (SSSR count). The zero-order valence-corrected chi connectivity index (χ0v) is 8.14. The number of ether oxygens (including phenoxy) is 1. The van der Waals surface area contributed by atoms with Gasteiger partial charge in [0.1, 0.15) is 0 Å². The summed E-state index contributed by atoms with van der Waals surface area (Å²) in [6.07, 6.45) is 0.352. The van der Waals surface area contributed by atoms with E-state index >= 15 is 0 Å². The number of likely N-dealkylation sites (N-methyl/N-ethyl adjacent to an activating group) is 1. The summed E-state index contributed by atoms with van der Waals surface area (Å²) in [5.74, 6) is 0. The van der Waals surface area contributed by atoms with E-state index in [1.807, 2.05) is 27.9 Å². The molecule has 2 heteroatoms. The van der Waals surface area contributed by atoms with Crippen molar-refractivity contribution in [2.45, 2.75) is 26.9 Å². The van der Waals surface area contributed by atoms with Gasteiger partial charge in [-0.05, 0) is 21.0 Å². The maximum Gasteiger partial charge on any atom is 0.0669 e. The average molecular weight is 147 g/mol. The molecule has 0 aromatic rings. The third-order valence-electron chi connectivity index (χ3n) is 1.02. The summed E-state index contributed by atoms with van der Waals surface area (Å²) in [4.78, 5) is 2.11. The Morgan fingerprint density at radius 3 is 1.80 bits per heavy atom. The highest BCUT2D eigenvalue weighted by molar-refractivity contribution is 4.50. The number of nitrogens with zero attached hydrogens (tertiary/aromatic N) is 1. The topological polar surface area (TPSA) is 12.5 Å². The molecule has 0 aliphatic rings. The second-order valence-electron chi connectivity index (χ2n) is 2.31. The van der Waals surface area contributed by atoms with Crippen LogP contribution < -0.4 is 0 Å². The molecule has 0 bridgehead atoms. The van der Waals surface area contributed by atoms with Crippen LogP contribution in [0.2, 0.25) is 0 Å². The molecular formula is C8H21NO. The van der Waals surface area contributed by atoms with Gasteiger partial charge in [0.25, 0.3) is 0 Å². The van der Waals surface area contributed by atoms with Crippen LogP contribution >= 0.6 is 0 Å². The van der Waals surface area contributed by atoms with Crippen molar-refractivity contribution in [3.8, 4) is 0 Å². The van der Waals surface area contributed by atoms with Gasteiger partial charge in [0.15, 0.2) is 0 Å². The van der Waals surface area contributed by atoms with E-state index < -0.39 is 0 Å². The molecule has 0 saturated heterocycles. The van der Waals surface area contributed by atoms with Gasteiger partial charge in [-0.1, -0.05) is 13.8 Å². The van der Waals surface area contributed by atoms with Crippen molar-refractivity contribution in [3.05, 3.63) is 0 Å². The lowest BCUT2D eigenvalue weighted by atomic mass is 10.4. The fourth-order valence-electron chi connectivity index (χ4n) is 0.589. The number of hydrogen-bond acceptors (Lipinski definition) is 2. The smallest absolute Gasteiger partial charge is 0.0669 e. The van der Waals surface area contributed by atoms with Crippen LogP contribution in [0.25, 0.3) is 0 Å². The van der Waals surface area contributed by atoms with Crippen LogP contribution in [0.4, 0.5) is 0 Å². The zero-order valence-electron chi connectivity index (χ0n) is 8.14. The lowest BCUT2D eigenvalue weighted by Crippen LogP contribution is -2.24. The molecule has 0 aromatic heterocycles. The molecule has 0 N–H and O–H groups in total. The summed E-state index contributed by atoms with van der Waals surface area (Å²) in [6.45, 7) is 7.05. The Morgan fingerprint density at radius 1 is 1.30 bits per heavy atom. The van der Waals surface area contributed by atoms with E-state index in [4.69, 9.17) is 4.74 Å². The van der Waals surface area contributed by atoms with Gasteiger partial charge in [0.05, 0.1) is 6.10 Å². The summed E-state index contributed by atoms with van der Waals surface area (Å²) >= 11 is 0. The molecule has 0 radical (unpaired) electrons. The molecule has 0 fully saturated rings. The molecule has 2 nitrogen and oxygen atoms in total. The van der Waals surface area contributed by atoms with E-state index in [-0.39, 0.29) is 0 Å². The van der Waals surface area contributed by atoms with Crippen molar-refractivity contribution in [3.63, 3.8) is 0 Å². The molecule has 10 heavy (non-hydrogen) atoms. The number of hydrogen-bond donors (Lipinski definition) is 0. The number of methoxy groups -OCH3 is 1.